The number of Topliss-reactive ketones (excluding diaryl/α,β-unsaturated/α-hetero) is 2. The van der Waals surface area contributed by atoms with Gasteiger partial charge in [0.1, 0.15) is 0 Å². The van der Waals surface area contributed by atoms with Gasteiger partial charge in [0.05, 0.1) is 5.56 Å². The van der Waals surface area contributed by atoms with E-state index in [1.54, 1.807) is 60.7 Å². The maximum Gasteiger partial charge on any atom is 0.335 e. The lowest BCUT2D eigenvalue weighted by Crippen LogP contribution is -2.08. The maximum atomic E-state index is 11.0. The van der Waals surface area contributed by atoms with Crippen LogP contribution in [-0.2, 0) is 4.79 Å². The molecule has 4 heteroatoms. The van der Waals surface area contributed by atoms with Gasteiger partial charge in [-0.2, -0.15) is 0 Å². The van der Waals surface area contributed by atoms with Crippen LogP contribution in [0.15, 0.2) is 60.7 Å². The zero-order chi connectivity index (χ0) is 15.0. The first-order chi connectivity index (χ1) is 9.52. The summed E-state index contributed by atoms with van der Waals surface area (Å²) in [5, 5.41) is 8.38. The van der Waals surface area contributed by atoms with Crippen LogP contribution >= 0.6 is 0 Å². The Hall–Kier alpha value is -2.75. The van der Waals surface area contributed by atoms with Crippen molar-refractivity contribution in [2.75, 3.05) is 0 Å². The zero-order valence-corrected chi connectivity index (χ0v) is 10.9. The Morgan fingerprint density at radius 3 is 1.45 bits per heavy atom. The summed E-state index contributed by atoms with van der Waals surface area (Å²) in [4.78, 5) is 31.8. The lowest BCUT2D eigenvalue weighted by atomic mass is 10.1. The molecule has 0 aromatic heterocycles. The van der Waals surface area contributed by atoms with Gasteiger partial charge in [0.2, 0.25) is 5.78 Å². The van der Waals surface area contributed by atoms with Gasteiger partial charge in [0.25, 0.3) is 0 Å². The molecule has 0 aliphatic rings. The highest BCUT2D eigenvalue weighted by atomic mass is 16.4. The molecule has 0 spiro atoms. The minimum Gasteiger partial charge on any atom is -0.478 e. The fraction of sp³-hybridized carbons (Fsp3) is 0.0625. The van der Waals surface area contributed by atoms with Crippen LogP contribution in [0.4, 0.5) is 0 Å². The first kappa shape index (κ1) is 15.3. The van der Waals surface area contributed by atoms with E-state index in [2.05, 4.69) is 0 Å². The van der Waals surface area contributed by atoms with E-state index in [4.69, 9.17) is 5.11 Å². The molecule has 0 bridgehead atoms. The average molecular weight is 270 g/mol. The maximum absolute atomic E-state index is 11.0. The molecular weight excluding hydrogens is 256 g/mol. The molecule has 0 amide bonds. The molecule has 0 aliphatic heterocycles. The summed E-state index contributed by atoms with van der Waals surface area (Å²) >= 11 is 0. The van der Waals surface area contributed by atoms with Crippen LogP contribution in [0.1, 0.15) is 27.6 Å². The fourth-order valence-corrected chi connectivity index (χ4v) is 1.37. The van der Waals surface area contributed by atoms with E-state index in [1.807, 2.05) is 0 Å². The van der Waals surface area contributed by atoms with Crippen molar-refractivity contribution < 1.29 is 19.5 Å². The third-order valence-electron chi connectivity index (χ3n) is 2.38. The molecule has 2 aromatic carbocycles. The molecule has 0 unspecified atom stereocenters. The molecule has 0 atom stereocenters. The highest BCUT2D eigenvalue weighted by molar-refractivity contribution is 6.42. The van der Waals surface area contributed by atoms with Crippen molar-refractivity contribution in [3.63, 3.8) is 0 Å². The van der Waals surface area contributed by atoms with Crippen LogP contribution in [0.5, 0.6) is 0 Å². The molecule has 0 fully saturated rings. The van der Waals surface area contributed by atoms with E-state index in [-0.39, 0.29) is 0 Å². The van der Waals surface area contributed by atoms with E-state index in [1.165, 1.54) is 6.92 Å². The number of ketones is 2. The van der Waals surface area contributed by atoms with E-state index in [9.17, 15) is 14.4 Å². The van der Waals surface area contributed by atoms with Crippen molar-refractivity contribution in [1.29, 1.82) is 0 Å². The predicted molar refractivity (Wildman–Crippen MR) is 74.9 cm³/mol. The second-order valence-electron chi connectivity index (χ2n) is 3.92. The van der Waals surface area contributed by atoms with Gasteiger partial charge >= 0.3 is 5.97 Å². The van der Waals surface area contributed by atoms with Crippen molar-refractivity contribution in [1.82, 2.24) is 0 Å². The predicted octanol–water partition coefficient (Wildman–Crippen LogP) is 2.84. The molecule has 4 nitrogen and oxygen atoms in total. The summed E-state index contributed by atoms with van der Waals surface area (Å²) in [5.74, 6) is -1.72. The number of carboxylic acid groups (broad SMARTS) is 1. The minimum absolute atomic E-state index is 0.331. The smallest absolute Gasteiger partial charge is 0.335 e. The van der Waals surface area contributed by atoms with Crippen LogP contribution in [0.2, 0.25) is 0 Å². The number of carbonyl (C=O) groups is 3. The van der Waals surface area contributed by atoms with Gasteiger partial charge in [-0.25, -0.2) is 4.79 Å². The lowest BCUT2D eigenvalue weighted by molar-refractivity contribution is -0.113. The summed E-state index contributed by atoms with van der Waals surface area (Å²) in [7, 11) is 0. The molecule has 102 valence electrons. The van der Waals surface area contributed by atoms with Crippen molar-refractivity contribution in [3.8, 4) is 0 Å². The molecule has 0 aliphatic carbocycles. The topological polar surface area (TPSA) is 71.4 Å². The van der Waals surface area contributed by atoms with E-state index >= 15 is 0 Å². The standard InChI is InChI=1S/C9H8O2.C7H6O2/c1-7(10)9(11)8-5-3-2-4-6-8;8-7(9)6-4-2-1-3-5-6/h2-6H,1H3;1-5H,(H,8,9). The first-order valence-corrected chi connectivity index (χ1v) is 5.91. The number of aromatic carboxylic acids is 1. The minimum atomic E-state index is -0.879. The van der Waals surface area contributed by atoms with E-state index < -0.39 is 17.5 Å². The highest BCUT2D eigenvalue weighted by Crippen LogP contribution is 1.99. The quantitative estimate of drug-likeness (QED) is 0.687. The summed E-state index contributed by atoms with van der Waals surface area (Å²) < 4.78 is 0. The number of carboxylic acids is 1. The molecule has 2 aromatic rings. The third kappa shape index (κ3) is 4.86. The zero-order valence-electron chi connectivity index (χ0n) is 10.9. The number of hydrogen-bond acceptors (Lipinski definition) is 3. The van der Waals surface area contributed by atoms with E-state index in [0.29, 0.717) is 11.1 Å². The molecule has 0 heterocycles. The monoisotopic (exact) mass is 270 g/mol. The Labute approximate surface area is 116 Å². The van der Waals surface area contributed by atoms with Crippen LogP contribution in [0.3, 0.4) is 0 Å². The van der Waals surface area contributed by atoms with Gasteiger partial charge in [0, 0.05) is 12.5 Å². The first-order valence-electron chi connectivity index (χ1n) is 5.91. The second-order valence-corrected chi connectivity index (χ2v) is 3.92. The Kier molecular flexibility index (Phi) is 5.84. The summed E-state index contributed by atoms with van der Waals surface area (Å²) in [6.07, 6.45) is 0. The van der Waals surface area contributed by atoms with Gasteiger partial charge in [-0.05, 0) is 12.1 Å². The van der Waals surface area contributed by atoms with Crippen LogP contribution in [-0.4, -0.2) is 22.6 Å². The van der Waals surface area contributed by atoms with Crippen molar-refractivity contribution in [2.24, 2.45) is 0 Å². The van der Waals surface area contributed by atoms with Crippen molar-refractivity contribution in [2.45, 2.75) is 6.92 Å². The lowest BCUT2D eigenvalue weighted by Gasteiger charge is -1.93. The molecule has 0 saturated heterocycles. The SMILES string of the molecule is CC(=O)C(=O)c1ccccc1.O=C(O)c1ccccc1. The Morgan fingerprint density at radius 2 is 1.15 bits per heavy atom. The van der Waals surface area contributed by atoms with Crippen molar-refractivity contribution >= 4 is 17.5 Å². The summed E-state index contributed by atoms with van der Waals surface area (Å²) in [6.45, 7) is 1.27. The van der Waals surface area contributed by atoms with Crippen LogP contribution < -0.4 is 0 Å². The Balaban J connectivity index is 0.000000204. The molecular formula is C16H14O4. The van der Waals surface area contributed by atoms with Gasteiger partial charge < -0.3 is 5.11 Å². The van der Waals surface area contributed by atoms with Gasteiger partial charge in [-0.1, -0.05) is 48.5 Å². The van der Waals surface area contributed by atoms with Crippen LogP contribution in [0, 0.1) is 0 Å². The largest absolute Gasteiger partial charge is 0.478 e. The summed E-state index contributed by atoms with van der Waals surface area (Å²) in [6, 6.07) is 16.8. The molecule has 0 radical (unpaired) electrons. The normalized spacial score (nSPS) is 9.05. The fourth-order valence-electron chi connectivity index (χ4n) is 1.37. The Morgan fingerprint density at radius 1 is 0.750 bits per heavy atom. The van der Waals surface area contributed by atoms with E-state index in [0.717, 1.165) is 0 Å². The molecule has 2 rings (SSSR count). The molecule has 1 N–H and O–H groups in total. The number of hydrogen-bond donors (Lipinski definition) is 1. The Bertz CT molecular complexity index is 588. The molecule has 0 saturated carbocycles. The van der Waals surface area contributed by atoms with Crippen LogP contribution in [0.25, 0.3) is 0 Å². The second kappa shape index (κ2) is 7.63. The van der Waals surface area contributed by atoms with Gasteiger partial charge in [-0.15, -0.1) is 0 Å². The van der Waals surface area contributed by atoms with Gasteiger partial charge in [-0.3, -0.25) is 9.59 Å². The summed E-state index contributed by atoms with van der Waals surface area (Å²) in [5.41, 5.74) is 0.789. The highest BCUT2D eigenvalue weighted by Gasteiger charge is 2.08. The van der Waals surface area contributed by atoms with Gasteiger partial charge in [0.15, 0.2) is 5.78 Å². The number of carbonyl (C=O) groups excluding carboxylic acids is 2. The van der Waals surface area contributed by atoms with Crippen molar-refractivity contribution in [3.05, 3.63) is 71.8 Å². The average Bonchev–Trinajstić information content (AvgIpc) is 2.49. The number of rotatable bonds is 3. The third-order valence-corrected chi connectivity index (χ3v) is 2.38. The number of benzene rings is 2. The molecule has 20 heavy (non-hydrogen) atoms.